The van der Waals surface area contributed by atoms with Crippen LogP contribution < -0.4 is 5.32 Å². The van der Waals surface area contributed by atoms with E-state index in [9.17, 15) is 9.18 Å². The first-order chi connectivity index (χ1) is 13.9. The average molecular weight is 401 g/mol. The Morgan fingerprint density at radius 2 is 2.03 bits per heavy atom. The standard InChI is InChI=1S/C21H29FN6O/c1-14-4-5-15(8-18(14)22)10-27-11-16-9-19-24-25-20(28(19)13-17(16)12-27)21(29)23-6-7-26(2)3/h4-5,8,16-17H,6-7,9-13H2,1-3H3,(H,23,29). The van der Waals surface area contributed by atoms with Gasteiger partial charge in [-0.2, -0.15) is 0 Å². The molecule has 2 atom stereocenters. The molecule has 8 heteroatoms. The van der Waals surface area contributed by atoms with Gasteiger partial charge >= 0.3 is 0 Å². The second-order valence-electron chi connectivity index (χ2n) is 8.61. The van der Waals surface area contributed by atoms with Gasteiger partial charge in [0.15, 0.2) is 0 Å². The Morgan fingerprint density at radius 3 is 2.79 bits per heavy atom. The van der Waals surface area contributed by atoms with Gasteiger partial charge in [0, 0.05) is 45.7 Å². The number of likely N-dealkylation sites (N-methyl/N-ethyl adjacent to an activating group) is 1. The van der Waals surface area contributed by atoms with Gasteiger partial charge in [0.1, 0.15) is 11.6 Å². The molecule has 29 heavy (non-hydrogen) atoms. The number of aryl methyl sites for hydroxylation is 1. The molecule has 0 bridgehead atoms. The summed E-state index contributed by atoms with van der Waals surface area (Å²) >= 11 is 0. The molecule has 7 nitrogen and oxygen atoms in total. The second-order valence-corrected chi connectivity index (χ2v) is 8.61. The number of nitrogens with zero attached hydrogens (tertiary/aromatic N) is 5. The zero-order chi connectivity index (χ0) is 20.5. The van der Waals surface area contributed by atoms with E-state index in [2.05, 4.69) is 20.4 Å². The highest BCUT2D eigenvalue weighted by molar-refractivity contribution is 5.90. The SMILES string of the molecule is Cc1ccc(CN2CC3Cc4nnc(C(=O)NCCN(C)C)n4CC3C2)cc1F. The quantitative estimate of drug-likeness (QED) is 0.792. The fraction of sp³-hybridized carbons (Fsp3) is 0.571. The van der Waals surface area contributed by atoms with Crippen molar-refractivity contribution < 1.29 is 9.18 Å². The number of hydrogen-bond acceptors (Lipinski definition) is 5. The zero-order valence-corrected chi connectivity index (χ0v) is 17.4. The lowest BCUT2D eigenvalue weighted by Gasteiger charge is -2.25. The van der Waals surface area contributed by atoms with E-state index in [0.717, 1.165) is 50.5 Å². The molecule has 0 aliphatic carbocycles. The Labute approximate surface area is 170 Å². The largest absolute Gasteiger partial charge is 0.348 e. The monoisotopic (exact) mass is 400 g/mol. The first-order valence-electron chi connectivity index (χ1n) is 10.2. The zero-order valence-electron chi connectivity index (χ0n) is 17.4. The Bertz CT molecular complexity index is 895. The minimum absolute atomic E-state index is 0.143. The first-order valence-corrected chi connectivity index (χ1v) is 10.2. The topological polar surface area (TPSA) is 66.3 Å². The van der Waals surface area contributed by atoms with Crippen LogP contribution >= 0.6 is 0 Å². The first kappa shape index (κ1) is 20.0. The van der Waals surface area contributed by atoms with Crippen LogP contribution in [0.3, 0.4) is 0 Å². The summed E-state index contributed by atoms with van der Waals surface area (Å²) < 4.78 is 15.8. The van der Waals surface area contributed by atoms with Crippen LogP contribution in [0.1, 0.15) is 27.6 Å². The summed E-state index contributed by atoms with van der Waals surface area (Å²) in [5.41, 5.74) is 1.69. The fourth-order valence-electron chi connectivity index (χ4n) is 4.38. The number of rotatable bonds is 6. The number of fused-ring (bicyclic) bond motifs is 2. The molecule has 0 saturated carbocycles. The number of nitrogens with one attached hydrogen (secondary N) is 1. The number of hydrogen-bond donors (Lipinski definition) is 1. The highest BCUT2D eigenvalue weighted by Gasteiger charge is 2.39. The molecule has 2 aliphatic rings. The van der Waals surface area contributed by atoms with Gasteiger partial charge in [0.2, 0.25) is 5.82 Å². The number of benzene rings is 1. The van der Waals surface area contributed by atoms with Crippen molar-refractivity contribution in [1.29, 1.82) is 0 Å². The molecule has 1 aromatic carbocycles. The predicted molar refractivity (Wildman–Crippen MR) is 108 cm³/mol. The predicted octanol–water partition coefficient (Wildman–Crippen LogP) is 1.32. The molecule has 1 amide bonds. The van der Waals surface area contributed by atoms with Crippen molar-refractivity contribution in [2.45, 2.75) is 26.4 Å². The lowest BCUT2D eigenvalue weighted by molar-refractivity contribution is 0.0932. The highest BCUT2D eigenvalue weighted by Crippen LogP contribution is 2.33. The minimum Gasteiger partial charge on any atom is -0.348 e. The highest BCUT2D eigenvalue weighted by atomic mass is 19.1. The molecule has 156 valence electrons. The normalized spacial score (nSPS) is 21.3. The lowest BCUT2D eigenvalue weighted by Crippen LogP contribution is -2.35. The van der Waals surface area contributed by atoms with E-state index < -0.39 is 0 Å². The third-order valence-corrected chi connectivity index (χ3v) is 6.03. The van der Waals surface area contributed by atoms with Crippen LogP contribution in [-0.4, -0.2) is 70.7 Å². The molecule has 1 aromatic heterocycles. The van der Waals surface area contributed by atoms with Crippen LogP contribution in [-0.2, 0) is 19.5 Å². The van der Waals surface area contributed by atoms with Crippen LogP contribution in [0.2, 0.25) is 0 Å². The number of halogens is 1. The number of amides is 1. The molecule has 2 aromatic rings. The van der Waals surface area contributed by atoms with Gasteiger partial charge < -0.3 is 14.8 Å². The van der Waals surface area contributed by atoms with Crippen molar-refractivity contribution in [1.82, 2.24) is 29.9 Å². The molecular weight excluding hydrogens is 371 g/mol. The van der Waals surface area contributed by atoms with Crippen molar-refractivity contribution in [3.05, 3.63) is 46.8 Å². The molecule has 1 fully saturated rings. The van der Waals surface area contributed by atoms with E-state index in [4.69, 9.17) is 0 Å². The van der Waals surface area contributed by atoms with Crippen LogP contribution in [0.5, 0.6) is 0 Å². The smallest absolute Gasteiger partial charge is 0.289 e. The van der Waals surface area contributed by atoms with E-state index in [1.165, 1.54) is 0 Å². The van der Waals surface area contributed by atoms with Gasteiger partial charge in [-0.1, -0.05) is 12.1 Å². The fourth-order valence-corrected chi connectivity index (χ4v) is 4.38. The van der Waals surface area contributed by atoms with E-state index in [-0.39, 0.29) is 11.7 Å². The van der Waals surface area contributed by atoms with Crippen molar-refractivity contribution in [2.24, 2.45) is 11.8 Å². The number of carbonyl (C=O) groups is 1. The van der Waals surface area contributed by atoms with Gasteiger partial charge in [-0.05, 0) is 50.0 Å². The molecule has 4 rings (SSSR count). The van der Waals surface area contributed by atoms with Crippen molar-refractivity contribution in [3.63, 3.8) is 0 Å². The maximum absolute atomic E-state index is 13.9. The summed E-state index contributed by atoms with van der Waals surface area (Å²) in [4.78, 5) is 16.9. The van der Waals surface area contributed by atoms with Gasteiger partial charge in [-0.15, -0.1) is 10.2 Å². The van der Waals surface area contributed by atoms with Crippen LogP contribution in [0, 0.1) is 24.6 Å². The van der Waals surface area contributed by atoms with E-state index in [1.807, 2.05) is 35.7 Å². The summed E-state index contributed by atoms with van der Waals surface area (Å²) in [6.07, 6.45) is 0.835. The van der Waals surface area contributed by atoms with Crippen LogP contribution in [0.25, 0.3) is 0 Å². The Kier molecular flexibility index (Phi) is 5.65. The summed E-state index contributed by atoms with van der Waals surface area (Å²) in [5, 5.41) is 11.4. The summed E-state index contributed by atoms with van der Waals surface area (Å²) in [7, 11) is 3.95. The summed E-state index contributed by atoms with van der Waals surface area (Å²) in [6, 6.07) is 5.49. The molecule has 1 N–H and O–H groups in total. The van der Waals surface area contributed by atoms with Crippen LogP contribution in [0.4, 0.5) is 4.39 Å². The molecule has 2 unspecified atom stereocenters. The third kappa shape index (κ3) is 4.33. The second kappa shape index (κ2) is 8.20. The molecule has 0 spiro atoms. The maximum Gasteiger partial charge on any atom is 0.289 e. The van der Waals surface area contributed by atoms with Crippen molar-refractivity contribution in [3.8, 4) is 0 Å². The molecule has 1 saturated heterocycles. The Balaban J connectivity index is 1.39. The number of aromatic nitrogens is 3. The van der Waals surface area contributed by atoms with Gasteiger partial charge in [0.05, 0.1) is 0 Å². The van der Waals surface area contributed by atoms with Crippen LogP contribution in [0.15, 0.2) is 18.2 Å². The number of carbonyl (C=O) groups excluding carboxylic acids is 1. The molecule has 2 aliphatic heterocycles. The summed E-state index contributed by atoms with van der Waals surface area (Å²) in [6.45, 7) is 6.59. The number of likely N-dealkylation sites (tertiary alicyclic amines) is 1. The molecule has 0 radical (unpaired) electrons. The van der Waals surface area contributed by atoms with E-state index >= 15 is 0 Å². The van der Waals surface area contributed by atoms with Gasteiger partial charge in [-0.25, -0.2) is 4.39 Å². The average Bonchev–Trinajstić information content (AvgIpc) is 3.25. The molecular formula is C21H29FN6O. The van der Waals surface area contributed by atoms with Crippen molar-refractivity contribution in [2.75, 3.05) is 40.3 Å². The Hall–Kier alpha value is -2.32. The lowest BCUT2D eigenvalue weighted by atomic mass is 9.89. The minimum atomic E-state index is -0.158. The van der Waals surface area contributed by atoms with Gasteiger partial charge in [0.25, 0.3) is 5.91 Å². The Morgan fingerprint density at radius 1 is 1.24 bits per heavy atom. The summed E-state index contributed by atoms with van der Waals surface area (Å²) in [5.74, 6) is 1.97. The molecule has 3 heterocycles. The van der Waals surface area contributed by atoms with E-state index in [0.29, 0.717) is 29.8 Å². The van der Waals surface area contributed by atoms with Crippen molar-refractivity contribution >= 4 is 5.91 Å². The van der Waals surface area contributed by atoms with E-state index in [1.54, 1.807) is 13.0 Å². The third-order valence-electron chi connectivity index (χ3n) is 6.03. The van der Waals surface area contributed by atoms with Gasteiger partial charge in [-0.3, -0.25) is 9.69 Å². The maximum atomic E-state index is 13.9.